The molecule has 3 nitrogen and oxygen atoms in total. The summed E-state index contributed by atoms with van der Waals surface area (Å²) >= 11 is 0. The van der Waals surface area contributed by atoms with Gasteiger partial charge in [0.05, 0.1) is 11.0 Å². The minimum absolute atomic E-state index is 0. The van der Waals surface area contributed by atoms with Crippen molar-refractivity contribution >= 4 is 18.3 Å². The summed E-state index contributed by atoms with van der Waals surface area (Å²) in [5.41, 5.74) is 4.95. The average molecular weight is 391 g/mol. The standard InChI is InChI=1S/C19H25F3N2O.ClH/c1-17(2)12-24(10-7-15(17)23)16(25)18(8-4-9-18)13-5-3-6-14(11-13)19(20,21)22;/h3,5-6,11,15H,4,7-10,12,23H2,1-2H3;1H. The highest BCUT2D eigenvalue weighted by Crippen LogP contribution is 2.47. The number of nitrogens with two attached hydrogens (primary N) is 1. The highest BCUT2D eigenvalue weighted by Gasteiger charge is 2.50. The number of carbonyl (C=O) groups is 1. The maximum atomic E-state index is 13.3. The lowest BCUT2D eigenvalue weighted by molar-refractivity contribution is -0.145. The van der Waals surface area contributed by atoms with Gasteiger partial charge in [-0.3, -0.25) is 4.79 Å². The first-order valence-electron chi connectivity index (χ1n) is 8.79. The van der Waals surface area contributed by atoms with Gasteiger partial charge in [0.1, 0.15) is 0 Å². The molecule has 1 unspecified atom stereocenters. The molecule has 1 amide bonds. The number of alkyl halides is 3. The molecule has 1 saturated carbocycles. The number of benzene rings is 1. The minimum Gasteiger partial charge on any atom is -0.341 e. The van der Waals surface area contributed by atoms with Gasteiger partial charge in [-0.25, -0.2) is 0 Å². The lowest BCUT2D eigenvalue weighted by Crippen LogP contribution is -2.59. The molecule has 1 saturated heterocycles. The number of hydrogen-bond acceptors (Lipinski definition) is 2. The van der Waals surface area contributed by atoms with E-state index in [1.165, 1.54) is 6.07 Å². The first-order valence-corrected chi connectivity index (χ1v) is 8.79. The second-order valence-electron chi connectivity index (χ2n) is 8.12. The summed E-state index contributed by atoms with van der Waals surface area (Å²) in [6.07, 6.45) is -1.60. The topological polar surface area (TPSA) is 46.3 Å². The minimum atomic E-state index is -4.40. The fourth-order valence-corrected chi connectivity index (χ4v) is 4.00. The van der Waals surface area contributed by atoms with Crippen LogP contribution in [0.3, 0.4) is 0 Å². The third-order valence-corrected chi connectivity index (χ3v) is 5.96. The first kappa shape index (κ1) is 21.0. The second-order valence-corrected chi connectivity index (χ2v) is 8.12. The Morgan fingerprint density at radius 2 is 1.92 bits per heavy atom. The van der Waals surface area contributed by atoms with E-state index in [0.717, 1.165) is 25.0 Å². The van der Waals surface area contributed by atoms with Gasteiger partial charge in [-0.2, -0.15) is 13.2 Å². The summed E-state index contributed by atoms with van der Waals surface area (Å²) in [7, 11) is 0. The van der Waals surface area contributed by atoms with Gasteiger partial charge in [-0.15, -0.1) is 12.4 Å². The monoisotopic (exact) mass is 390 g/mol. The first-order chi connectivity index (χ1) is 11.6. The van der Waals surface area contributed by atoms with E-state index in [4.69, 9.17) is 5.73 Å². The maximum Gasteiger partial charge on any atom is 0.416 e. The van der Waals surface area contributed by atoms with Crippen molar-refractivity contribution in [3.8, 4) is 0 Å². The number of hydrogen-bond donors (Lipinski definition) is 1. The summed E-state index contributed by atoms with van der Waals surface area (Å²) in [4.78, 5) is 15.1. The fraction of sp³-hybridized carbons (Fsp3) is 0.632. The predicted molar refractivity (Wildman–Crippen MR) is 97.2 cm³/mol. The van der Waals surface area contributed by atoms with Gasteiger partial charge in [0.25, 0.3) is 0 Å². The van der Waals surface area contributed by atoms with Crippen molar-refractivity contribution in [2.24, 2.45) is 11.1 Å². The maximum absolute atomic E-state index is 13.3. The molecule has 1 aliphatic carbocycles. The van der Waals surface area contributed by atoms with Crippen LogP contribution in [0, 0.1) is 5.41 Å². The van der Waals surface area contributed by atoms with E-state index in [0.29, 0.717) is 31.5 Å². The Balaban J connectivity index is 0.00000243. The van der Waals surface area contributed by atoms with E-state index in [9.17, 15) is 18.0 Å². The molecule has 146 valence electrons. The third kappa shape index (κ3) is 3.58. The van der Waals surface area contributed by atoms with Gasteiger partial charge in [0, 0.05) is 19.1 Å². The van der Waals surface area contributed by atoms with Crippen molar-refractivity contribution in [2.45, 2.75) is 57.2 Å². The smallest absolute Gasteiger partial charge is 0.341 e. The van der Waals surface area contributed by atoms with E-state index in [1.807, 2.05) is 18.7 Å². The summed E-state index contributed by atoms with van der Waals surface area (Å²) in [5, 5.41) is 0. The molecule has 3 rings (SSSR count). The van der Waals surface area contributed by atoms with E-state index >= 15 is 0 Å². The predicted octanol–water partition coefficient (Wildman–Crippen LogP) is 4.13. The molecule has 7 heteroatoms. The summed E-state index contributed by atoms with van der Waals surface area (Å²) in [6.45, 7) is 5.20. The molecule has 1 aromatic carbocycles. The van der Waals surface area contributed by atoms with Crippen LogP contribution in [0.4, 0.5) is 13.2 Å². The number of piperidine rings is 1. The molecule has 1 aromatic rings. The lowest BCUT2D eigenvalue weighted by atomic mass is 9.63. The van der Waals surface area contributed by atoms with Crippen LogP contribution in [-0.2, 0) is 16.4 Å². The molecule has 2 fully saturated rings. The normalized spacial score (nSPS) is 24.4. The zero-order chi connectivity index (χ0) is 18.5. The highest BCUT2D eigenvalue weighted by molar-refractivity contribution is 5.89. The van der Waals surface area contributed by atoms with Crippen molar-refractivity contribution in [1.82, 2.24) is 4.90 Å². The van der Waals surface area contributed by atoms with E-state index < -0.39 is 17.2 Å². The quantitative estimate of drug-likeness (QED) is 0.825. The van der Waals surface area contributed by atoms with E-state index in [2.05, 4.69) is 0 Å². The molecule has 0 spiro atoms. The SMILES string of the molecule is CC1(C)CN(C(=O)C2(c3cccc(C(F)(F)F)c3)CCC2)CCC1N.Cl. The van der Waals surface area contributed by atoms with Gasteiger partial charge in [-0.1, -0.05) is 38.5 Å². The molecule has 26 heavy (non-hydrogen) atoms. The van der Waals surface area contributed by atoms with Gasteiger partial charge in [0.15, 0.2) is 0 Å². The zero-order valence-electron chi connectivity index (χ0n) is 15.1. The molecule has 1 aliphatic heterocycles. The van der Waals surface area contributed by atoms with Gasteiger partial charge < -0.3 is 10.6 Å². The van der Waals surface area contributed by atoms with Crippen molar-refractivity contribution in [1.29, 1.82) is 0 Å². The Morgan fingerprint density at radius 1 is 1.27 bits per heavy atom. The largest absolute Gasteiger partial charge is 0.416 e. The molecule has 1 heterocycles. The van der Waals surface area contributed by atoms with E-state index in [1.54, 1.807) is 6.07 Å². The Morgan fingerprint density at radius 3 is 2.42 bits per heavy atom. The summed E-state index contributed by atoms with van der Waals surface area (Å²) in [6, 6.07) is 5.30. The molecule has 2 N–H and O–H groups in total. The van der Waals surface area contributed by atoms with Gasteiger partial charge >= 0.3 is 6.18 Å². The summed E-state index contributed by atoms with van der Waals surface area (Å²) < 4.78 is 39.2. The molecular weight excluding hydrogens is 365 g/mol. The van der Waals surface area contributed by atoms with Crippen LogP contribution in [-0.4, -0.2) is 29.9 Å². The fourth-order valence-electron chi connectivity index (χ4n) is 4.00. The Bertz CT molecular complexity index is 671. The second kappa shape index (κ2) is 7.04. The molecule has 2 aliphatic rings. The van der Waals surface area contributed by atoms with Gasteiger partial charge in [-0.05, 0) is 36.3 Å². The molecule has 0 aromatic heterocycles. The Kier molecular flexibility index (Phi) is 5.70. The lowest BCUT2D eigenvalue weighted by Gasteiger charge is -2.49. The van der Waals surface area contributed by atoms with Crippen molar-refractivity contribution in [3.05, 3.63) is 35.4 Å². The van der Waals surface area contributed by atoms with Crippen LogP contribution < -0.4 is 5.73 Å². The van der Waals surface area contributed by atoms with Crippen molar-refractivity contribution in [3.63, 3.8) is 0 Å². The van der Waals surface area contributed by atoms with Gasteiger partial charge in [0.2, 0.25) is 5.91 Å². The van der Waals surface area contributed by atoms with Crippen LogP contribution in [0.25, 0.3) is 0 Å². The third-order valence-electron chi connectivity index (χ3n) is 5.96. The number of carbonyl (C=O) groups excluding carboxylic acids is 1. The van der Waals surface area contributed by atoms with Crippen LogP contribution >= 0.6 is 12.4 Å². The molecule has 0 bridgehead atoms. The highest BCUT2D eigenvalue weighted by atomic mass is 35.5. The van der Waals surface area contributed by atoms with Crippen LogP contribution in [0.1, 0.15) is 50.7 Å². The van der Waals surface area contributed by atoms with Crippen LogP contribution in [0.5, 0.6) is 0 Å². The molecule has 1 atom stereocenters. The number of amides is 1. The Labute approximate surface area is 158 Å². The number of rotatable bonds is 2. The number of likely N-dealkylation sites (tertiary alicyclic amines) is 1. The van der Waals surface area contributed by atoms with Crippen LogP contribution in [0.15, 0.2) is 24.3 Å². The number of nitrogens with zero attached hydrogens (tertiary/aromatic N) is 1. The van der Waals surface area contributed by atoms with E-state index in [-0.39, 0.29) is 29.8 Å². The Hall–Kier alpha value is -1.27. The summed E-state index contributed by atoms with van der Waals surface area (Å²) in [5.74, 6) is -0.0435. The number of halogens is 4. The van der Waals surface area contributed by atoms with Crippen molar-refractivity contribution in [2.75, 3.05) is 13.1 Å². The zero-order valence-corrected chi connectivity index (χ0v) is 15.9. The average Bonchev–Trinajstić information content (AvgIpc) is 2.48. The van der Waals surface area contributed by atoms with Crippen molar-refractivity contribution < 1.29 is 18.0 Å². The molecular formula is C19H26ClF3N2O. The molecule has 0 radical (unpaired) electrons. The van der Waals surface area contributed by atoms with Crippen LogP contribution in [0.2, 0.25) is 0 Å².